The lowest BCUT2D eigenvalue weighted by atomic mass is 9.86. The topological polar surface area (TPSA) is 52.9 Å². The Hall–Kier alpha value is -1.01. The normalized spacial score (nSPS) is 24.5. The maximum absolute atomic E-state index is 13.0. The second kappa shape index (κ2) is 7.26. The highest BCUT2D eigenvalue weighted by Gasteiger charge is 2.34. The second-order valence-electron chi connectivity index (χ2n) is 6.95. The largest absolute Gasteiger partial charge is 0.388 e. The summed E-state index contributed by atoms with van der Waals surface area (Å²) in [6.45, 7) is 3.72. The van der Waals surface area contributed by atoms with E-state index in [0.29, 0.717) is 32.6 Å². The molecule has 0 saturated carbocycles. The molecule has 128 valence electrons. The first-order valence-corrected chi connectivity index (χ1v) is 8.52. The van der Waals surface area contributed by atoms with Crippen molar-refractivity contribution in [1.29, 1.82) is 0 Å². The van der Waals surface area contributed by atoms with Gasteiger partial charge in [0.2, 0.25) is 0 Å². The van der Waals surface area contributed by atoms with Crippen LogP contribution in [0.15, 0.2) is 24.3 Å². The Balaban J connectivity index is 1.50. The van der Waals surface area contributed by atoms with E-state index in [4.69, 9.17) is 4.74 Å². The van der Waals surface area contributed by atoms with Crippen LogP contribution in [0.3, 0.4) is 0 Å². The van der Waals surface area contributed by atoms with Crippen molar-refractivity contribution in [3.8, 4) is 0 Å². The summed E-state index contributed by atoms with van der Waals surface area (Å²) in [5.74, 6) is -0.0819. The molecule has 3 rings (SSSR count). The molecule has 2 heterocycles. The number of rotatable bonds is 4. The van der Waals surface area contributed by atoms with Crippen LogP contribution in [0.4, 0.5) is 4.39 Å². The molecule has 0 bridgehead atoms. The van der Waals surface area contributed by atoms with Gasteiger partial charge in [-0.25, -0.2) is 4.39 Å². The van der Waals surface area contributed by atoms with Gasteiger partial charge in [-0.1, -0.05) is 12.1 Å². The van der Waals surface area contributed by atoms with Crippen LogP contribution in [0.2, 0.25) is 0 Å². The predicted molar refractivity (Wildman–Crippen MR) is 85.5 cm³/mol. The molecular formula is C18H26FNO3. The Labute approximate surface area is 136 Å². The first kappa shape index (κ1) is 16.8. The van der Waals surface area contributed by atoms with Gasteiger partial charge in [-0.2, -0.15) is 0 Å². The molecule has 1 aromatic carbocycles. The van der Waals surface area contributed by atoms with Crippen molar-refractivity contribution in [2.24, 2.45) is 5.92 Å². The quantitative estimate of drug-likeness (QED) is 0.891. The van der Waals surface area contributed by atoms with Crippen LogP contribution in [-0.4, -0.2) is 53.6 Å². The Morgan fingerprint density at radius 1 is 1.17 bits per heavy atom. The maximum atomic E-state index is 13.0. The number of halogens is 1. The van der Waals surface area contributed by atoms with E-state index in [1.807, 2.05) is 0 Å². The molecule has 2 fully saturated rings. The first-order chi connectivity index (χ1) is 11.1. The molecule has 1 unspecified atom stereocenters. The number of nitrogens with zero attached hydrogens (tertiary/aromatic N) is 1. The molecule has 0 radical (unpaired) electrons. The molecule has 2 N–H and O–H groups in total. The lowest BCUT2D eigenvalue weighted by Gasteiger charge is -2.40. The average Bonchev–Trinajstić information content (AvgIpc) is 2.56. The third kappa shape index (κ3) is 4.29. The number of aliphatic hydroxyl groups excluding tert-OH is 1. The van der Waals surface area contributed by atoms with Gasteiger partial charge in [-0.15, -0.1) is 0 Å². The molecule has 1 atom stereocenters. The van der Waals surface area contributed by atoms with Gasteiger partial charge in [0.15, 0.2) is 0 Å². The second-order valence-corrected chi connectivity index (χ2v) is 6.95. The minimum absolute atomic E-state index is 0.195. The Bertz CT molecular complexity index is 493. The zero-order chi connectivity index (χ0) is 16.3. The number of benzene rings is 1. The summed E-state index contributed by atoms with van der Waals surface area (Å²) in [5, 5.41) is 21.1. The summed E-state index contributed by atoms with van der Waals surface area (Å²) in [7, 11) is 0. The van der Waals surface area contributed by atoms with E-state index >= 15 is 0 Å². The molecule has 2 saturated heterocycles. The van der Waals surface area contributed by atoms with Gasteiger partial charge in [0.05, 0.1) is 11.7 Å². The fraction of sp³-hybridized carbons (Fsp3) is 0.667. The van der Waals surface area contributed by atoms with Crippen molar-refractivity contribution < 1.29 is 19.3 Å². The lowest BCUT2D eigenvalue weighted by molar-refractivity contribution is -0.0849. The van der Waals surface area contributed by atoms with Crippen molar-refractivity contribution in [2.45, 2.75) is 37.4 Å². The van der Waals surface area contributed by atoms with Gasteiger partial charge in [0.25, 0.3) is 0 Å². The van der Waals surface area contributed by atoms with E-state index in [-0.39, 0.29) is 11.7 Å². The number of piperidine rings is 1. The van der Waals surface area contributed by atoms with E-state index < -0.39 is 11.7 Å². The number of ether oxygens (including phenoxy) is 1. The molecular weight excluding hydrogens is 297 g/mol. The van der Waals surface area contributed by atoms with Crippen LogP contribution >= 0.6 is 0 Å². The molecule has 5 heteroatoms. The van der Waals surface area contributed by atoms with Crippen LogP contribution in [0.1, 0.15) is 37.4 Å². The summed E-state index contributed by atoms with van der Waals surface area (Å²) in [6.07, 6.45) is 2.65. The third-order valence-corrected chi connectivity index (χ3v) is 5.23. The third-order valence-electron chi connectivity index (χ3n) is 5.23. The molecule has 4 nitrogen and oxygen atoms in total. The van der Waals surface area contributed by atoms with Crippen molar-refractivity contribution in [2.75, 3.05) is 32.8 Å². The smallest absolute Gasteiger partial charge is 0.123 e. The van der Waals surface area contributed by atoms with Crippen LogP contribution in [0.5, 0.6) is 0 Å². The molecule has 23 heavy (non-hydrogen) atoms. The maximum Gasteiger partial charge on any atom is 0.123 e. The van der Waals surface area contributed by atoms with E-state index in [9.17, 15) is 14.6 Å². The molecule has 2 aliphatic rings. The van der Waals surface area contributed by atoms with Crippen molar-refractivity contribution in [1.82, 2.24) is 4.90 Å². The molecule has 1 aromatic rings. The zero-order valence-electron chi connectivity index (χ0n) is 13.5. The van der Waals surface area contributed by atoms with Gasteiger partial charge >= 0.3 is 0 Å². The number of hydrogen-bond acceptors (Lipinski definition) is 4. The van der Waals surface area contributed by atoms with Gasteiger partial charge in [-0.05, 0) is 49.5 Å². The Kier molecular flexibility index (Phi) is 5.31. The SMILES string of the molecule is OC(c1ccc(F)cc1)C1CCN(CC2(O)CCOCC2)CC1. The van der Waals surface area contributed by atoms with E-state index in [1.54, 1.807) is 12.1 Å². The van der Waals surface area contributed by atoms with Gasteiger partial charge in [0.1, 0.15) is 5.82 Å². The molecule has 2 aliphatic heterocycles. The minimum atomic E-state index is -0.624. The highest BCUT2D eigenvalue weighted by atomic mass is 19.1. The summed E-state index contributed by atoms with van der Waals surface area (Å²) in [6, 6.07) is 6.12. The summed E-state index contributed by atoms with van der Waals surface area (Å²) in [5.41, 5.74) is 0.161. The van der Waals surface area contributed by atoms with Gasteiger partial charge in [0, 0.05) is 32.6 Å². The highest BCUT2D eigenvalue weighted by Crippen LogP contribution is 2.32. The highest BCUT2D eigenvalue weighted by molar-refractivity contribution is 5.19. The van der Waals surface area contributed by atoms with Gasteiger partial charge < -0.3 is 19.8 Å². The summed E-state index contributed by atoms with van der Waals surface area (Å²) in [4.78, 5) is 2.29. The van der Waals surface area contributed by atoms with E-state index in [0.717, 1.165) is 31.5 Å². The van der Waals surface area contributed by atoms with E-state index in [2.05, 4.69) is 4.90 Å². The number of likely N-dealkylation sites (tertiary alicyclic amines) is 1. The minimum Gasteiger partial charge on any atom is -0.388 e. The average molecular weight is 323 g/mol. The zero-order valence-corrected chi connectivity index (χ0v) is 13.5. The Morgan fingerprint density at radius 3 is 2.39 bits per heavy atom. The van der Waals surface area contributed by atoms with Crippen molar-refractivity contribution in [3.63, 3.8) is 0 Å². The fourth-order valence-corrected chi connectivity index (χ4v) is 3.68. The molecule has 0 spiro atoms. The monoisotopic (exact) mass is 323 g/mol. The molecule has 0 aromatic heterocycles. The van der Waals surface area contributed by atoms with E-state index in [1.165, 1.54) is 12.1 Å². The van der Waals surface area contributed by atoms with Crippen molar-refractivity contribution >= 4 is 0 Å². The number of hydrogen-bond donors (Lipinski definition) is 2. The van der Waals surface area contributed by atoms with Crippen LogP contribution < -0.4 is 0 Å². The number of aliphatic hydroxyl groups is 2. The van der Waals surface area contributed by atoms with Gasteiger partial charge in [-0.3, -0.25) is 0 Å². The summed E-state index contributed by atoms with van der Waals surface area (Å²) < 4.78 is 18.3. The number of β-amino-alcohol motifs (C(OH)–C–C–N with tert-alkyl or cyclic N) is 1. The lowest BCUT2D eigenvalue weighted by Crippen LogP contribution is -2.49. The van der Waals surface area contributed by atoms with Crippen LogP contribution in [-0.2, 0) is 4.74 Å². The predicted octanol–water partition coefficient (Wildman–Crippen LogP) is 2.11. The van der Waals surface area contributed by atoms with Crippen LogP contribution in [0.25, 0.3) is 0 Å². The summed E-state index contributed by atoms with van der Waals surface area (Å²) >= 11 is 0. The molecule has 0 amide bonds. The fourth-order valence-electron chi connectivity index (χ4n) is 3.68. The standard InChI is InChI=1S/C18H26FNO3/c19-16-3-1-14(2-4-16)17(21)15-5-9-20(10-6-15)13-18(22)7-11-23-12-8-18/h1-4,15,17,21-22H,5-13H2. The van der Waals surface area contributed by atoms with Crippen molar-refractivity contribution in [3.05, 3.63) is 35.6 Å². The molecule has 0 aliphatic carbocycles. The first-order valence-electron chi connectivity index (χ1n) is 8.52. The Morgan fingerprint density at radius 2 is 1.78 bits per heavy atom. The van der Waals surface area contributed by atoms with Crippen LogP contribution in [0, 0.1) is 11.7 Å².